The molecule has 0 unspecified atom stereocenters. The van der Waals surface area contributed by atoms with Gasteiger partial charge in [-0.1, -0.05) is 103 Å². The second-order valence-corrected chi connectivity index (χ2v) is 15.0. The molecule has 238 valence electrons. The van der Waals surface area contributed by atoms with Crippen LogP contribution >= 0.6 is 0 Å². The Balaban J connectivity index is 1.18. The number of rotatable bonds is 10. The molecule has 4 aromatic carbocycles. The summed E-state index contributed by atoms with van der Waals surface area (Å²) in [6, 6.07) is 36.8. The average Bonchev–Trinajstić information content (AvgIpc) is 3.66. The van der Waals surface area contributed by atoms with Crippen molar-refractivity contribution in [2.75, 3.05) is 18.6 Å². The maximum Gasteiger partial charge on any atom is 0.288 e. The van der Waals surface area contributed by atoms with Gasteiger partial charge in [0.05, 0.1) is 12.9 Å². The first-order valence-corrected chi connectivity index (χ1v) is 17.3. The van der Waals surface area contributed by atoms with Gasteiger partial charge in [-0.3, -0.25) is 4.57 Å². The molecule has 0 radical (unpaired) electrons. The van der Waals surface area contributed by atoms with Crippen LogP contribution in [0.3, 0.4) is 0 Å². The van der Waals surface area contributed by atoms with Crippen LogP contribution in [0.15, 0.2) is 128 Å². The van der Waals surface area contributed by atoms with E-state index in [0.717, 1.165) is 21.1 Å². The fraction of sp³-hybridized carbons (Fsp3) is 0.194. The van der Waals surface area contributed by atoms with E-state index in [-0.39, 0.29) is 12.4 Å². The lowest BCUT2D eigenvalue weighted by atomic mass is 10.1. The summed E-state index contributed by atoms with van der Waals surface area (Å²) in [7, 11) is -1.23. The highest BCUT2D eigenvalue weighted by Crippen LogP contribution is 2.33. The largest absolute Gasteiger partial charge is 0.401 e. The minimum atomic E-state index is -3.07. The van der Waals surface area contributed by atoms with Crippen molar-refractivity contribution in [3.05, 3.63) is 139 Å². The maximum absolute atomic E-state index is 13.8. The van der Waals surface area contributed by atoms with Crippen molar-refractivity contribution in [2.24, 2.45) is 0 Å². The van der Waals surface area contributed by atoms with E-state index in [0.29, 0.717) is 23.5 Å². The zero-order valence-corrected chi connectivity index (χ0v) is 26.7. The molecule has 0 spiro atoms. The Morgan fingerprint density at radius 1 is 0.809 bits per heavy atom. The molecular weight excluding hydrogens is 614 g/mol. The van der Waals surface area contributed by atoms with E-state index in [9.17, 15) is 14.6 Å². The molecule has 47 heavy (non-hydrogen) atoms. The minimum Gasteiger partial charge on any atom is -0.401 e. The number of fused-ring (bicyclic) bond motifs is 1. The average molecular weight is 648 g/mol. The molecule has 7 rings (SSSR count). The van der Waals surface area contributed by atoms with E-state index < -0.39 is 32.9 Å². The highest BCUT2D eigenvalue weighted by molar-refractivity contribution is 7.07. The first-order valence-electron chi connectivity index (χ1n) is 15.4. The summed E-state index contributed by atoms with van der Waals surface area (Å²) in [5.74, 6) is 0.226. The molecule has 1 aliphatic heterocycles. The van der Waals surface area contributed by atoms with Crippen molar-refractivity contribution in [1.82, 2.24) is 19.5 Å². The van der Waals surface area contributed by atoms with Crippen LogP contribution in [-0.4, -0.2) is 70.0 Å². The lowest BCUT2D eigenvalue weighted by Crippen LogP contribution is -2.70. The Labute approximate surface area is 272 Å². The number of imidazole rings is 1. The predicted octanol–water partition coefficient (Wildman–Crippen LogP) is 2.90. The van der Waals surface area contributed by atoms with Gasteiger partial charge in [-0.15, -0.1) is 0 Å². The number of ether oxygens (including phenoxy) is 1. The summed E-state index contributed by atoms with van der Waals surface area (Å²) in [4.78, 5) is 15.3. The van der Waals surface area contributed by atoms with Gasteiger partial charge in [-0.2, -0.15) is 0 Å². The summed E-state index contributed by atoms with van der Waals surface area (Å²) in [5, 5.41) is 25.7. The van der Waals surface area contributed by atoms with Crippen LogP contribution in [0.4, 0.5) is 10.2 Å². The lowest BCUT2D eigenvalue weighted by molar-refractivity contribution is -0.0479. The van der Waals surface area contributed by atoms with Crippen molar-refractivity contribution >= 4 is 40.9 Å². The monoisotopic (exact) mass is 647 g/mol. The van der Waals surface area contributed by atoms with E-state index in [4.69, 9.17) is 9.16 Å². The third-order valence-electron chi connectivity index (χ3n) is 8.63. The van der Waals surface area contributed by atoms with Crippen LogP contribution < -0.4 is 20.5 Å². The Morgan fingerprint density at radius 3 is 2.02 bits per heavy atom. The molecule has 11 heteroatoms. The van der Waals surface area contributed by atoms with Crippen molar-refractivity contribution in [1.29, 1.82) is 0 Å². The number of hydrogen-bond donors (Lipinski definition) is 2. The van der Waals surface area contributed by atoms with Crippen LogP contribution in [0.1, 0.15) is 11.8 Å². The number of benzene rings is 4. The molecule has 6 aromatic rings. The smallest absolute Gasteiger partial charge is 0.288 e. The fourth-order valence-corrected chi connectivity index (χ4v) is 10.3. The fourth-order valence-electron chi connectivity index (χ4n) is 6.36. The molecule has 9 nitrogen and oxygen atoms in total. The van der Waals surface area contributed by atoms with Gasteiger partial charge in [-0.05, 0) is 33.3 Å². The van der Waals surface area contributed by atoms with Crippen LogP contribution in [-0.2, 0) is 15.7 Å². The van der Waals surface area contributed by atoms with Crippen LogP contribution in [0.2, 0.25) is 0 Å². The van der Waals surface area contributed by atoms with Gasteiger partial charge >= 0.3 is 0 Å². The number of aromatic nitrogens is 4. The topological polar surface area (TPSA) is 106 Å². The summed E-state index contributed by atoms with van der Waals surface area (Å²) in [5.41, 5.74) is 1.70. The Kier molecular flexibility index (Phi) is 8.63. The first kappa shape index (κ1) is 30.8. The number of aliphatic hydroxyl groups excluding tert-OH is 2. The molecule has 4 atom stereocenters. The van der Waals surface area contributed by atoms with Crippen molar-refractivity contribution < 1.29 is 23.8 Å². The molecule has 0 bridgehead atoms. The van der Waals surface area contributed by atoms with Gasteiger partial charge in [-0.25, -0.2) is 19.3 Å². The van der Waals surface area contributed by atoms with Gasteiger partial charge in [0, 0.05) is 13.6 Å². The maximum atomic E-state index is 13.8. The quantitative estimate of drug-likeness (QED) is 0.173. The highest BCUT2D eigenvalue weighted by atomic mass is 28.4. The third kappa shape index (κ3) is 5.84. The number of halogens is 1. The zero-order chi connectivity index (χ0) is 32.4. The van der Waals surface area contributed by atoms with Crippen LogP contribution in [0.5, 0.6) is 0 Å². The number of hydrogen-bond acceptors (Lipinski definition) is 8. The second-order valence-electron chi connectivity index (χ2n) is 11.6. The van der Waals surface area contributed by atoms with Crippen molar-refractivity contribution in [3.8, 4) is 0 Å². The third-order valence-corrected chi connectivity index (χ3v) is 12.7. The van der Waals surface area contributed by atoms with Gasteiger partial charge < -0.3 is 24.3 Å². The van der Waals surface area contributed by atoms with E-state index in [1.807, 2.05) is 72.6 Å². The Hall–Kier alpha value is -4.78. The highest BCUT2D eigenvalue weighted by Gasteiger charge is 2.48. The normalized spacial score (nSPS) is 19.7. The second kappa shape index (κ2) is 13.1. The summed E-state index contributed by atoms with van der Waals surface area (Å²) < 4.78 is 28.8. The van der Waals surface area contributed by atoms with Crippen molar-refractivity contribution in [3.63, 3.8) is 0 Å². The van der Waals surface area contributed by atoms with E-state index in [2.05, 4.69) is 51.4 Å². The number of nitrogens with zero attached hydrogens (tertiary/aromatic N) is 5. The van der Waals surface area contributed by atoms with E-state index in [1.165, 1.54) is 24.8 Å². The minimum absolute atomic E-state index is 0.0306. The van der Waals surface area contributed by atoms with Crippen LogP contribution in [0.25, 0.3) is 11.2 Å². The van der Waals surface area contributed by atoms with Crippen LogP contribution in [0, 0.1) is 5.82 Å². The molecule has 3 heterocycles. The molecule has 1 aliphatic rings. The molecule has 2 aromatic heterocycles. The summed E-state index contributed by atoms with van der Waals surface area (Å²) in [6.45, 7) is 0.427. The number of anilines is 1. The SMILES string of the molecule is CN(Cc1cccc(F)c1)c1ncnc2c1ncn2[C@@H]1O[C@H](CO[Si](c2ccccc2)(c2ccccc2)c2ccccc2)[C@@H](O)[C@H]1O. The van der Waals surface area contributed by atoms with Gasteiger partial charge in [0.2, 0.25) is 0 Å². The van der Waals surface area contributed by atoms with E-state index in [1.54, 1.807) is 10.6 Å². The summed E-state index contributed by atoms with van der Waals surface area (Å²) >= 11 is 0. The summed E-state index contributed by atoms with van der Waals surface area (Å²) in [6.07, 6.45) is -1.38. The lowest BCUT2D eigenvalue weighted by Gasteiger charge is -2.34. The van der Waals surface area contributed by atoms with Gasteiger partial charge in [0.25, 0.3) is 8.32 Å². The number of aliphatic hydroxyl groups is 2. The molecule has 0 aliphatic carbocycles. The van der Waals surface area contributed by atoms with Crippen molar-refractivity contribution in [2.45, 2.75) is 31.1 Å². The van der Waals surface area contributed by atoms with Gasteiger partial charge in [0.1, 0.15) is 30.5 Å². The standard InChI is InChI=1S/C36H34FN5O4Si/c1-41(21-25-12-11-13-26(37)20-25)34-31-35(39-23-38-34)42(24-40-31)36-33(44)32(43)30(46-36)22-45-47(27-14-5-2-6-15-27,28-16-7-3-8-17-28)29-18-9-4-10-19-29/h2-20,23-24,30,32-33,36,43-44H,21-22H2,1H3/t30-,32-,33-,36-/m1/s1. The zero-order valence-electron chi connectivity index (χ0n) is 25.7. The van der Waals surface area contributed by atoms with E-state index >= 15 is 0 Å². The first-order chi connectivity index (χ1) is 23.0. The Bertz CT molecular complexity index is 1850. The predicted molar refractivity (Wildman–Crippen MR) is 180 cm³/mol. The molecule has 0 saturated carbocycles. The molecular formula is C36H34FN5O4Si. The molecule has 2 N–H and O–H groups in total. The molecule has 0 amide bonds. The van der Waals surface area contributed by atoms with Gasteiger partial charge in [0.15, 0.2) is 23.2 Å². The Morgan fingerprint density at radius 2 is 1.43 bits per heavy atom. The molecule has 1 saturated heterocycles. The molecule has 1 fully saturated rings.